The van der Waals surface area contributed by atoms with E-state index in [0.29, 0.717) is 36.8 Å². The summed E-state index contributed by atoms with van der Waals surface area (Å²) < 4.78 is 34.8. The topological polar surface area (TPSA) is 136 Å². The van der Waals surface area contributed by atoms with E-state index in [1.54, 1.807) is 13.3 Å². The standard InChI is InChI=1S/C20H27N3O7S2/c1-28-10-4-12-32(26,27)17-7-5-15(6-8-17)18(23-30-11-3-9-24)19(25)22-20-21-13-16(31-20)14-29-2/h5-8,13,24H,3-4,9-12,14H2,1-2H3,(H,21,22,25)/b23-18+. The molecule has 12 heteroatoms. The molecule has 1 aromatic carbocycles. The average molecular weight is 486 g/mol. The number of anilines is 1. The zero-order valence-electron chi connectivity index (χ0n) is 17.9. The van der Waals surface area contributed by atoms with Gasteiger partial charge in [0.1, 0.15) is 6.61 Å². The molecule has 0 bridgehead atoms. The summed E-state index contributed by atoms with van der Waals surface area (Å²) in [6.07, 6.45) is 2.33. The first-order valence-electron chi connectivity index (χ1n) is 9.79. The summed E-state index contributed by atoms with van der Waals surface area (Å²) in [5, 5.41) is 15.8. The number of sulfone groups is 1. The van der Waals surface area contributed by atoms with Gasteiger partial charge in [0.15, 0.2) is 20.7 Å². The zero-order valence-corrected chi connectivity index (χ0v) is 19.6. The van der Waals surface area contributed by atoms with E-state index in [1.165, 1.54) is 42.7 Å². The molecular weight excluding hydrogens is 458 g/mol. The quantitative estimate of drug-likeness (QED) is 0.235. The van der Waals surface area contributed by atoms with Gasteiger partial charge in [-0.1, -0.05) is 28.6 Å². The minimum absolute atomic E-state index is 0.0419. The molecule has 10 nitrogen and oxygen atoms in total. The van der Waals surface area contributed by atoms with E-state index in [0.717, 1.165) is 4.88 Å². The zero-order chi connectivity index (χ0) is 23.4. The number of hydrogen-bond donors (Lipinski definition) is 2. The number of rotatable bonds is 14. The summed E-state index contributed by atoms with van der Waals surface area (Å²) in [4.78, 5) is 23.1. The van der Waals surface area contributed by atoms with Crippen molar-refractivity contribution >= 4 is 37.9 Å². The summed E-state index contributed by atoms with van der Waals surface area (Å²) in [5.41, 5.74) is 0.325. The summed E-state index contributed by atoms with van der Waals surface area (Å²) in [6, 6.07) is 5.84. The Balaban J connectivity index is 2.20. The summed E-state index contributed by atoms with van der Waals surface area (Å²) in [5.74, 6) is -0.609. The molecule has 2 N–H and O–H groups in total. The van der Waals surface area contributed by atoms with E-state index < -0.39 is 15.7 Å². The maximum Gasteiger partial charge on any atom is 0.280 e. The molecular formula is C20H27N3O7S2. The van der Waals surface area contributed by atoms with Crippen molar-refractivity contribution in [3.8, 4) is 0 Å². The molecule has 0 unspecified atom stereocenters. The highest BCUT2D eigenvalue weighted by atomic mass is 32.2. The van der Waals surface area contributed by atoms with Gasteiger partial charge in [0.05, 0.1) is 22.1 Å². The molecule has 32 heavy (non-hydrogen) atoms. The van der Waals surface area contributed by atoms with Crippen LogP contribution in [0, 0.1) is 0 Å². The van der Waals surface area contributed by atoms with Crippen molar-refractivity contribution in [1.82, 2.24) is 4.98 Å². The van der Waals surface area contributed by atoms with Gasteiger partial charge in [-0.05, 0) is 18.6 Å². The highest BCUT2D eigenvalue weighted by molar-refractivity contribution is 7.91. The minimum Gasteiger partial charge on any atom is -0.396 e. The van der Waals surface area contributed by atoms with Crippen LogP contribution in [0.1, 0.15) is 23.3 Å². The van der Waals surface area contributed by atoms with E-state index in [1.807, 2.05) is 0 Å². The van der Waals surface area contributed by atoms with Crippen LogP contribution < -0.4 is 5.32 Å². The van der Waals surface area contributed by atoms with Gasteiger partial charge >= 0.3 is 0 Å². The number of ether oxygens (including phenoxy) is 2. The number of amides is 1. The number of methoxy groups -OCH3 is 2. The highest BCUT2D eigenvalue weighted by Crippen LogP contribution is 2.20. The SMILES string of the molecule is COCCCS(=O)(=O)c1ccc(/C(=N\OCCCO)C(=O)Nc2ncc(COC)s2)cc1. The number of benzene rings is 1. The van der Waals surface area contributed by atoms with Crippen LogP contribution >= 0.6 is 11.3 Å². The van der Waals surface area contributed by atoms with Gasteiger partial charge in [-0.25, -0.2) is 13.4 Å². The number of aliphatic hydroxyl groups is 1. The molecule has 0 fully saturated rings. The Morgan fingerprint density at radius 3 is 2.56 bits per heavy atom. The van der Waals surface area contributed by atoms with E-state index in [2.05, 4.69) is 15.5 Å². The number of aliphatic hydroxyl groups excluding tert-OH is 1. The molecule has 0 spiro atoms. The molecule has 1 heterocycles. The summed E-state index contributed by atoms with van der Waals surface area (Å²) in [6.45, 7) is 0.768. The first kappa shape index (κ1) is 25.9. The number of hydrogen-bond acceptors (Lipinski definition) is 10. The Labute approximate surface area is 191 Å². The van der Waals surface area contributed by atoms with Gasteiger partial charge < -0.3 is 19.4 Å². The number of oxime groups is 1. The molecule has 0 saturated carbocycles. The summed E-state index contributed by atoms with van der Waals surface area (Å²) in [7, 11) is -0.393. The van der Waals surface area contributed by atoms with Gasteiger partial charge in [0, 0.05) is 45.6 Å². The summed E-state index contributed by atoms with van der Waals surface area (Å²) >= 11 is 1.26. The van der Waals surface area contributed by atoms with Gasteiger partial charge in [-0.3, -0.25) is 10.1 Å². The van der Waals surface area contributed by atoms with Crippen LogP contribution in [-0.2, 0) is 35.5 Å². The Morgan fingerprint density at radius 2 is 1.91 bits per heavy atom. The second kappa shape index (κ2) is 13.2. The molecule has 0 aliphatic carbocycles. The normalized spacial score (nSPS) is 12.0. The monoisotopic (exact) mass is 485 g/mol. The third-order valence-corrected chi connectivity index (χ3v) is 6.78. The smallest absolute Gasteiger partial charge is 0.280 e. The van der Waals surface area contributed by atoms with E-state index in [-0.39, 0.29) is 29.6 Å². The first-order valence-corrected chi connectivity index (χ1v) is 12.3. The number of nitrogens with zero attached hydrogens (tertiary/aromatic N) is 2. The Kier molecular flexibility index (Phi) is 10.7. The average Bonchev–Trinajstić information content (AvgIpc) is 3.21. The van der Waals surface area contributed by atoms with Gasteiger partial charge in [0.25, 0.3) is 5.91 Å². The molecule has 0 radical (unpaired) electrons. The Hall–Kier alpha value is -2.38. The predicted molar refractivity (Wildman–Crippen MR) is 121 cm³/mol. The van der Waals surface area contributed by atoms with Crippen molar-refractivity contribution in [2.24, 2.45) is 5.16 Å². The van der Waals surface area contributed by atoms with Crippen LogP contribution in [0.4, 0.5) is 5.13 Å². The van der Waals surface area contributed by atoms with Crippen molar-refractivity contribution < 1.29 is 32.6 Å². The lowest BCUT2D eigenvalue weighted by atomic mass is 10.1. The van der Waals surface area contributed by atoms with Crippen LogP contribution in [0.2, 0.25) is 0 Å². The minimum atomic E-state index is -3.47. The van der Waals surface area contributed by atoms with Gasteiger partial charge in [-0.15, -0.1) is 0 Å². The number of aromatic nitrogens is 1. The Bertz CT molecular complexity index is 989. The largest absolute Gasteiger partial charge is 0.396 e. The predicted octanol–water partition coefficient (Wildman–Crippen LogP) is 1.84. The molecule has 0 aliphatic rings. The van der Waals surface area contributed by atoms with Crippen molar-refractivity contribution in [1.29, 1.82) is 0 Å². The number of carbonyl (C=O) groups is 1. The maximum absolute atomic E-state index is 12.8. The number of nitrogens with one attached hydrogen (secondary N) is 1. The number of thiazole rings is 1. The van der Waals surface area contributed by atoms with Crippen LogP contribution in [0.15, 0.2) is 40.5 Å². The fraction of sp³-hybridized carbons (Fsp3) is 0.450. The van der Waals surface area contributed by atoms with Gasteiger partial charge in [0.2, 0.25) is 0 Å². The van der Waals surface area contributed by atoms with Crippen molar-refractivity contribution in [3.05, 3.63) is 40.9 Å². The van der Waals surface area contributed by atoms with Crippen LogP contribution in [0.25, 0.3) is 0 Å². The Morgan fingerprint density at radius 1 is 1.16 bits per heavy atom. The molecule has 0 saturated heterocycles. The van der Waals surface area contributed by atoms with E-state index in [4.69, 9.17) is 19.4 Å². The van der Waals surface area contributed by atoms with E-state index in [9.17, 15) is 13.2 Å². The highest BCUT2D eigenvalue weighted by Gasteiger charge is 2.19. The molecule has 2 rings (SSSR count). The molecule has 1 aromatic heterocycles. The van der Waals surface area contributed by atoms with E-state index >= 15 is 0 Å². The lowest BCUT2D eigenvalue weighted by molar-refractivity contribution is -0.110. The molecule has 1 amide bonds. The van der Waals surface area contributed by atoms with Crippen LogP contribution in [0.3, 0.4) is 0 Å². The fourth-order valence-electron chi connectivity index (χ4n) is 2.53. The second-order valence-corrected chi connectivity index (χ2v) is 9.78. The lowest BCUT2D eigenvalue weighted by Gasteiger charge is -2.09. The van der Waals surface area contributed by atoms with Gasteiger partial charge in [-0.2, -0.15) is 0 Å². The molecule has 0 aliphatic heterocycles. The molecule has 0 atom stereocenters. The first-order chi connectivity index (χ1) is 15.4. The maximum atomic E-state index is 12.8. The van der Waals surface area contributed by atoms with Crippen LogP contribution in [-0.4, -0.2) is 69.9 Å². The third kappa shape index (κ3) is 7.95. The molecule has 176 valence electrons. The third-order valence-electron chi connectivity index (χ3n) is 4.07. The fourth-order valence-corrected chi connectivity index (χ4v) is 4.59. The molecule has 2 aromatic rings. The van der Waals surface area contributed by atoms with Crippen LogP contribution in [0.5, 0.6) is 0 Å². The van der Waals surface area contributed by atoms with Crippen molar-refractivity contribution in [2.75, 3.05) is 45.1 Å². The van der Waals surface area contributed by atoms with Crippen molar-refractivity contribution in [2.45, 2.75) is 24.3 Å². The lowest BCUT2D eigenvalue weighted by Crippen LogP contribution is -2.24. The number of carbonyl (C=O) groups excluding carboxylic acids is 1. The van der Waals surface area contributed by atoms with Crippen molar-refractivity contribution in [3.63, 3.8) is 0 Å². The second-order valence-electron chi connectivity index (χ2n) is 6.56.